The van der Waals surface area contributed by atoms with Gasteiger partial charge in [0.15, 0.2) is 12.0 Å². The van der Waals surface area contributed by atoms with Crippen molar-refractivity contribution in [2.45, 2.75) is 19.9 Å². The van der Waals surface area contributed by atoms with E-state index in [0.717, 1.165) is 11.1 Å². The molecule has 0 aliphatic heterocycles. The summed E-state index contributed by atoms with van der Waals surface area (Å²) in [6.07, 6.45) is 2.04. The molecule has 0 saturated heterocycles. The fourth-order valence-electron chi connectivity index (χ4n) is 2.04. The number of nitrogens with zero attached hydrogens (tertiary/aromatic N) is 2. The molecule has 2 rings (SSSR count). The number of rotatable bonds is 5. The fourth-order valence-corrected chi connectivity index (χ4v) is 2.04. The molecule has 1 atom stereocenters. The van der Waals surface area contributed by atoms with Crippen LogP contribution < -0.4 is 0 Å². The molecule has 19 heavy (non-hydrogen) atoms. The molecule has 2 aromatic rings. The predicted octanol–water partition coefficient (Wildman–Crippen LogP) is 1.80. The number of carbonyl (C=O) groups excluding carboxylic acids is 1. The molecule has 0 aliphatic rings. The Hall–Kier alpha value is -1.88. The minimum absolute atomic E-state index is 0.0392. The second-order valence-electron chi connectivity index (χ2n) is 4.64. The standard InChI is InChI=1S/C14H18N2O3/c1-3-11(8-17)14(18)16(2)7-10-4-5-12-13(6-10)19-9-15-12/h4-6,9,11,17H,3,7-8H2,1-2H3. The van der Waals surface area contributed by atoms with Crippen molar-refractivity contribution in [3.05, 3.63) is 30.2 Å². The van der Waals surface area contributed by atoms with Gasteiger partial charge >= 0.3 is 0 Å². The summed E-state index contributed by atoms with van der Waals surface area (Å²) in [7, 11) is 1.74. The first kappa shape index (κ1) is 13.5. The van der Waals surface area contributed by atoms with Crippen LogP contribution in [0.25, 0.3) is 11.1 Å². The summed E-state index contributed by atoms with van der Waals surface area (Å²) < 4.78 is 5.24. The Kier molecular flexibility index (Phi) is 4.16. The highest BCUT2D eigenvalue weighted by molar-refractivity contribution is 5.79. The molecule has 0 saturated carbocycles. The number of aliphatic hydroxyl groups excluding tert-OH is 1. The molecule has 5 heteroatoms. The van der Waals surface area contributed by atoms with Crippen molar-refractivity contribution < 1.29 is 14.3 Å². The number of hydrogen-bond acceptors (Lipinski definition) is 4. The SMILES string of the molecule is CCC(CO)C(=O)N(C)Cc1ccc2ncoc2c1. The summed E-state index contributed by atoms with van der Waals surface area (Å²) in [6, 6.07) is 5.68. The molecule has 1 aromatic heterocycles. The van der Waals surface area contributed by atoms with Crippen LogP contribution in [0.3, 0.4) is 0 Å². The second kappa shape index (κ2) is 5.84. The minimum atomic E-state index is -0.320. The molecule has 0 fully saturated rings. The van der Waals surface area contributed by atoms with E-state index in [1.54, 1.807) is 11.9 Å². The molecule has 102 valence electrons. The van der Waals surface area contributed by atoms with Gasteiger partial charge in [0.2, 0.25) is 5.91 Å². The van der Waals surface area contributed by atoms with E-state index in [1.165, 1.54) is 6.39 Å². The van der Waals surface area contributed by atoms with Gasteiger partial charge in [-0.3, -0.25) is 4.79 Å². The molecule has 1 N–H and O–H groups in total. The Balaban J connectivity index is 2.09. The molecule has 1 unspecified atom stereocenters. The molecule has 5 nitrogen and oxygen atoms in total. The monoisotopic (exact) mass is 262 g/mol. The van der Waals surface area contributed by atoms with E-state index in [1.807, 2.05) is 25.1 Å². The van der Waals surface area contributed by atoms with E-state index in [9.17, 15) is 4.79 Å². The van der Waals surface area contributed by atoms with Gasteiger partial charge in [0.25, 0.3) is 0 Å². The Morgan fingerprint density at radius 1 is 1.53 bits per heavy atom. The van der Waals surface area contributed by atoms with E-state index < -0.39 is 0 Å². The Labute approximate surface area is 111 Å². The van der Waals surface area contributed by atoms with Gasteiger partial charge in [-0.1, -0.05) is 13.0 Å². The number of benzene rings is 1. The lowest BCUT2D eigenvalue weighted by Crippen LogP contribution is -2.33. The molecule has 0 bridgehead atoms. The highest BCUT2D eigenvalue weighted by atomic mass is 16.3. The van der Waals surface area contributed by atoms with E-state index in [0.29, 0.717) is 18.5 Å². The quantitative estimate of drug-likeness (QED) is 0.892. The smallest absolute Gasteiger partial charge is 0.228 e. The summed E-state index contributed by atoms with van der Waals surface area (Å²) in [4.78, 5) is 17.7. The second-order valence-corrected chi connectivity index (χ2v) is 4.64. The van der Waals surface area contributed by atoms with Crippen LogP contribution in [0.5, 0.6) is 0 Å². The maximum absolute atomic E-state index is 12.1. The molecule has 1 amide bonds. The molecule has 0 spiro atoms. The zero-order valence-electron chi connectivity index (χ0n) is 11.2. The summed E-state index contributed by atoms with van der Waals surface area (Å²) >= 11 is 0. The highest BCUT2D eigenvalue weighted by Gasteiger charge is 2.19. The molecular formula is C14H18N2O3. The van der Waals surface area contributed by atoms with Crippen LogP contribution in [0.4, 0.5) is 0 Å². The number of oxazole rings is 1. The van der Waals surface area contributed by atoms with Crippen molar-refractivity contribution in [2.75, 3.05) is 13.7 Å². The van der Waals surface area contributed by atoms with Crippen molar-refractivity contribution in [3.8, 4) is 0 Å². The van der Waals surface area contributed by atoms with E-state index in [2.05, 4.69) is 4.98 Å². The lowest BCUT2D eigenvalue weighted by atomic mass is 10.1. The van der Waals surface area contributed by atoms with E-state index >= 15 is 0 Å². The lowest BCUT2D eigenvalue weighted by Gasteiger charge is -2.21. The number of aromatic nitrogens is 1. The van der Waals surface area contributed by atoms with Gasteiger partial charge < -0.3 is 14.4 Å². The summed E-state index contributed by atoms with van der Waals surface area (Å²) in [5.74, 6) is -0.360. The average molecular weight is 262 g/mol. The maximum Gasteiger partial charge on any atom is 0.228 e. The van der Waals surface area contributed by atoms with Gasteiger partial charge in [0.1, 0.15) is 5.52 Å². The van der Waals surface area contributed by atoms with Gasteiger partial charge in [0, 0.05) is 13.6 Å². The third-order valence-corrected chi connectivity index (χ3v) is 3.25. The molecule has 1 heterocycles. The fraction of sp³-hybridized carbons (Fsp3) is 0.429. The third kappa shape index (κ3) is 2.93. The van der Waals surface area contributed by atoms with Crippen LogP contribution in [0.15, 0.2) is 29.0 Å². The third-order valence-electron chi connectivity index (χ3n) is 3.25. The number of amides is 1. The Morgan fingerprint density at radius 3 is 3.00 bits per heavy atom. The first-order valence-corrected chi connectivity index (χ1v) is 6.33. The molecular weight excluding hydrogens is 244 g/mol. The van der Waals surface area contributed by atoms with Crippen molar-refractivity contribution in [3.63, 3.8) is 0 Å². The topological polar surface area (TPSA) is 66.6 Å². The maximum atomic E-state index is 12.1. The Bertz CT molecular complexity index is 561. The van der Waals surface area contributed by atoms with Crippen molar-refractivity contribution in [1.82, 2.24) is 9.88 Å². The normalized spacial score (nSPS) is 12.6. The van der Waals surface area contributed by atoms with Gasteiger partial charge in [-0.15, -0.1) is 0 Å². The van der Waals surface area contributed by atoms with Crippen LogP contribution in [0.2, 0.25) is 0 Å². The first-order valence-electron chi connectivity index (χ1n) is 6.33. The molecule has 1 aromatic carbocycles. The Morgan fingerprint density at radius 2 is 2.32 bits per heavy atom. The zero-order chi connectivity index (χ0) is 13.8. The van der Waals surface area contributed by atoms with Crippen molar-refractivity contribution >= 4 is 17.0 Å². The predicted molar refractivity (Wildman–Crippen MR) is 71.3 cm³/mol. The number of carbonyl (C=O) groups is 1. The largest absolute Gasteiger partial charge is 0.443 e. The van der Waals surface area contributed by atoms with Crippen LogP contribution in [0.1, 0.15) is 18.9 Å². The van der Waals surface area contributed by atoms with Crippen molar-refractivity contribution in [1.29, 1.82) is 0 Å². The zero-order valence-corrected chi connectivity index (χ0v) is 11.2. The first-order chi connectivity index (χ1) is 9.15. The van der Waals surface area contributed by atoms with Crippen LogP contribution in [-0.2, 0) is 11.3 Å². The summed E-state index contributed by atoms with van der Waals surface area (Å²) in [6.45, 7) is 2.28. The van der Waals surface area contributed by atoms with Crippen LogP contribution >= 0.6 is 0 Å². The van der Waals surface area contributed by atoms with Crippen molar-refractivity contribution in [2.24, 2.45) is 5.92 Å². The van der Waals surface area contributed by atoms with Gasteiger partial charge in [-0.25, -0.2) is 4.98 Å². The highest BCUT2D eigenvalue weighted by Crippen LogP contribution is 2.16. The molecule has 0 aliphatic carbocycles. The lowest BCUT2D eigenvalue weighted by molar-refractivity contribution is -0.136. The molecule has 0 radical (unpaired) electrons. The van der Waals surface area contributed by atoms with Gasteiger partial charge in [0.05, 0.1) is 12.5 Å². The van der Waals surface area contributed by atoms with E-state index in [4.69, 9.17) is 9.52 Å². The number of aliphatic hydroxyl groups is 1. The van der Waals surface area contributed by atoms with Gasteiger partial charge in [-0.2, -0.15) is 0 Å². The number of fused-ring (bicyclic) bond motifs is 1. The van der Waals surface area contributed by atoms with Gasteiger partial charge in [-0.05, 0) is 24.1 Å². The van der Waals surface area contributed by atoms with Crippen LogP contribution in [0, 0.1) is 5.92 Å². The van der Waals surface area contributed by atoms with Crippen LogP contribution in [-0.4, -0.2) is 34.6 Å². The summed E-state index contributed by atoms with van der Waals surface area (Å²) in [5, 5.41) is 9.15. The minimum Gasteiger partial charge on any atom is -0.443 e. The number of hydrogen-bond donors (Lipinski definition) is 1. The van der Waals surface area contributed by atoms with E-state index in [-0.39, 0.29) is 18.4 Å². The average Bonchev–Trinajstić information content (AvgIpc) is 2.87. The summed E-state index contributed by atoms with van der Waals surface area (Å²) in [5.41, 5.74) is 2.50.